The van der Waals surface area contributed by atoms with Gasteiger partial charge < -0.3 is 9.52 Å². The lowest BCUT2D eigenvalue weighted by Crippen LogP contribution is -2.22. The molecule has 0 saturated heterocycles. The Morgan fingerprint density at radius 3 is 2.68 bits per heavy atom. The van der Waals surface area contributed by atoms with Crippen LogP contribution in [0.2, 0.25) is 0 Å². The summed E-state index contributed by atoms with van der Waals surface area (Å²) >= 11 is 0. The Bertz CT molecular complexity index is 674. The van der Waals surface area contributed by atoms with Gasteiger partial charge in [0, 0.05) is 17.7 Å². The molecule has 0 aliphatic carbocycles. The molecule has 5 heteroatoms. The van der Waals surface area contributed by atoms with Crippen molar-refractivity contribution in [2.24, 2.45) is 4.99 Å². The second-order valence-electron chi connectivity index (χ2n) is 4.54. The summed E-state index contributed by atoms with van der Waals surface area (Å²) in [6.45, 7) is 1.93. The van der Waals surface area contributed by atoms with Crippen LogP contribution in [0, 0.1) is 0 Å². The minimum atomic E-state index is -0.451. The maximum atomic E-state index is 11.3. The molecule has 0 aliphatic rings. The van der Waals surface area contributed by atoms with Gasteiger partial charge in [-0.25, -0.2) is 4.79 Å². The van der Waals surface area contributed by atoms with Crippen LogP contribution in [0.5, 0.6) is 5.75 Å². The third-order valence-electron chi connectivity index (χ3n) is 2.97. The first kappa shape index (κ1) is 13.3. The highest BCUT2D eigenvalue weighted by Crippen LogP contribution is 2.24. The van der Waals surface area contributed by atoms with Crippen molar-refractivity contribution in [3.63, 3.8) is 0 Å². The van der Waals surface area contributed by atoms with Crippen LogP contribution in [0.15, 0.2) is 38.5 Å². The molecule has 0 amide bonds. The maximum Gasteiger partial charge on any atom is 0.336 e. The number of phenols is 1. The van der Waals surface area contributed by atoms with Crippen LogP contribution in [0.3, 0.4) is 0 Å². The fourth-order valence-corrected chi connectivity index (χ4v) is 1.58. The van der Waals surface area contributed by atoms with Crippen LogP contribution in [-0.2, 0) is 0 Å². The first-order valence-electron chi connectivity index (χ1n) is 5.94. The van der Waals surface area contributed by atoms with Gasteiger partial charge in [-0.2, -0.15) is 0 Å². The zero-order valence-corrected chi connectivity index (χ0v) is 11.1. The molecule has 5 nitrogen and oxygen atoms in total. The van der Waals surface area contributed by atoms with Crippen molar-refractivity contribution in [1.82, 2.24) is 4.90 Å². The van der Waals surface area contributed by atoms with Gasteiger partial charge in [0.15, 0.2) is 5.58 Å². The number of benzene rings is 1. The topological polar surface area (TPSA) is 66.0 Å². The van der Waals surface area contributed by atoms with Crippen molar-refractivity contribution < 1.29 is 9.52 Å². The number of rotatable bonds is 3. The standard InChI is InChI=1S/C14H16N2O3/c1-9(16(2)3)15-8-11-12(17)6-4-10-5-7-13(18)19-14(10)11/h4-9,17H,1-3H3/b15-8+. The Labute approximate surface area is 110 Å². The first-order valence-corrected chi connectivity index (χ1v) is 5.94. The van der Waals surface area contributed by atoms with Crippen molar-refractivity contribution in [3.05, 3.63) is 40.2 Å². The van der Waals surface area contributed by atoms with E-state index in [1.165, 1.54) is 12.3 Å². The SMILES string of the molecule is CC(/N=C/c1c(O)ccc2ccc(=O)oc12)N(C)C. The monoisotopic (exact) mass is 260 g/mol. The summed E-state index contributed by atoms with van der Waals surface area (Å²) in [6.07, 6.45) is 1.50. The average Bonchev–Trinajstić information content (AvgIpc) is 2.37. The minimum Gasteiger partial charge on any atom is -0.507 e. The highest BCUT2D eigenvalue weighted by Gasteiger charge is 2.09. The van der Waals surface area contributed by atoms with E-state index in [0.717, 1.165) is 5.39 Å². The van der Waals surface area contributed by atoms with Gasteiger partial charge in [0.25, 0.3) is 0 Å². The van der Waals surface area contributed by atoms with Crippen LogP contribution < -0.4 is 5.63 Å². The quantitative estimate of drug-likeness (QED) is 0.675. The van der Waals surface area contributed by atoms with Crippen LogP contribution in [0.4, 0.5) is 0 Å². The number of aromatic hydroxyl groups is 1. The number of fused-ring (bicyclic) bond motifs is 1. The van der Waals surface area contributed by atoms with Gasteiger partial charge in [-0.15, -0.1) is 0 Å². The second kappa shape index (κ2) is 5.24. The van der Waals surface area contributed by atoms with Gasteiger partial charge in [0.2, 0.25) is 0 Å². The molecule has 1 unspecified atom stereocenters. The number of hydrogen-bond donors (Lipinski definition) is 1. The molecule has 2 aromatic rings. The van der Waals surface area contributed by atoms with Crippen molar-refractivity contribution in [3.8, 4) is 5.75 Å². The highest BCUT2D eigenvalue weighted by atomic mass is 16.4. The lowest BCUT2D eigenvalue weighted by molar-refractivity contribution is 0.325. The molecule has 1 atom stereocenters. The van der Waals surface area contributed by atoms with Gasteiger partial charge in [-0.05, 0) is 39.2 Å². The van der Waals surface area contributed by atoms with E-state index in [-0.39, 0.29) is 11.9 Å². The fourth-order valence-electron chi connectivity index (χ4n) is 1.58. The second-order valence-corrected chi connectivity index (χ2v) is 4.54. The third kappa shape index (κ3) is 2.82. The van der Waals surface area contributed by atoms with Crippen LogP contribution in [0.1, 0.15) is 12.5 Å². The molecule has 1 aromatic carbocycles. The molecule has 0 saturated carbocycles. The van der Waals surface area contributed by atoms with E-state index in [9.17, 15) is 9.90 Å². The van der Waals surface area contributed by atoms with Crippen LogP contribution in [-0.4, -0.2) is 36.5 Å². The number of phenolic OH excluding ortho intramolecular Hbond substituents is 1. The minimum absolute atomic E-state index is 0.0370. The average molecular weight is 260 g/mol. The van der Waals surface area contributed by atoms with E-state index in [4.69, 9.17) is 4.42 Å². The Kier molecular flexibility index (Phi) is 3.66. The molecule has 0 bridgehead atoms. The summed E-state index contributed by atoms with van der Waals surface area (Å²) in [5, 5.41) is 10.6. The van der Waals surface area contributed by atoms with E-state index >= 15 is 0 Å². The Morgan fingerprint density at radius 1 is 1.32 bits per heavy atom. The molecule has 1 heterocycles. The molecule has 0 spiro atoms. The van der Waals surface area contributed by atoms with E-state index in [1.807, 2.05) is 25.9 Å². The maximum absolute atomic E-state index is 11.3. The fraction of sp³-hybridized carbons (Fsp3) is 0.286. The lowest BCUT2D eigenvalue weighted by atomic mass is 10.1. The molecular formula is C14H16N2O3. The normalized spacial score (nSPS) is 13.5. The molecule has 100 valence electrons. The first-order chi connectivity index (χ1) is 8.99. The summed E-state index contributed by atoms with van der Waals surface area (Å²) in [6, 6.07) is 6.26. The molecular weight excluding hydrogens is 244 g/mol. The summed E-state index contributed by atoms with van der Waals surface area (Å²) in [5.41, 5.74) is 0.319. The van der Waals surface area contributed by atoms with Crippen molar-refractivity contribution in [2.45, 2.75) is 13.1 Å². The van der Waals surface area contributed by atoms with E-state index in [1.54, 1.807) is 18.2 Å². The van der Waals surface area contributed by atoms with Gasteiger partial charge in [-0.3, -0.25) is 9.89 Å². The molecule has 1 N–H and O–H groups in total. The van der Waals surface area contributed by atoms with E-state index in [0.29, 0.717) is 11.1 Å². The smallest absolute Gasteiger partial charge is 0.336 e. The molecule has 2 rings (SSSR count). The number of hydrogen-bond acceptors (Lipinski definition) is 5. The van der Waals surface area contributed by atoms with Crippen molar-refractivity contribution >= 4 is 17.2 Å². The highest BCUT2D eigenvalue weighted by molar-refractivity contribution is 5.99. The Morgan fingerprint density at radius 2 is 2.00 bits per heavy atom. The number of nitrogens with zero attached hydrogens (tertiary/aromatic N) is 2. The molecule has 19 heavy (non-hydrogen) atoms. The lowest BCUT2D eigenvalue weighted by Gasteiger charge is -2.14. The zero-order chi connectivity index (χ0) is 14.0. The predicted molar refractivity (Wildman–Crippen MR) is 74.9 cm³/mol. The van der Waals surface area contributed by atoms with Crippen molar-refractivity contribution in [1.29, 1.82) is 0 Å². The molecule has 0 radical (unpaired) electrons. The molecule has 0 fully saturated rings. The summed E-state index contributed by atoms with van der Waals surface area (Å²) < 4.78 is 5.15. The Hall–Kier alpha value is -2.14. The summed E-state index contributed by atoms with van der Waals surface area (Å²) in [5.74, 6) is 0.0385. The van der Waals surface area contributed by atoms with E-state index < -0.39 is 5.63 Å². The Balaban J connectivity index is 2.55. The van der Waals surface area contributed by atoms with Gasteiger partial charge in [0.1, 0.15) is 5.75 Å². The predicted octanol–water partition coefficient (Wildman–Crippen LogP) is 1.83. The van der Waals surface area contributed by atoms with Gasteiger partial charge >= 0.3 is 5.63 Å². The summed E-state index contributed by atoms with van der Waals surface area (Å²) in [4.78, 5) is 17.5. The molecule has 1 aromatic heterocycles. The number of aliphatic imine (C=N–C) groups is 1. The van der Waals surface area contributed by atoms with Crippen LogP contribution >= 0.6 is 0 Å². The van der Waals surface area contributed by atoms with E-state index in [2.05, 4.69) is 4.99 Å². The summed E-state index contributed by atoms with van der Waals surface area (Å²) in [7, 11) is 3.82. The molecule has 0 aliphatic heterocycles. The van der Waals surface area contributed by atoms with Crippen LogP contribution in [0.25, 0.3) is 11.0 Å². The van der Waals surface area contributed by atoms with Gasteiger partial charge in [-0.1, -0.05) is 0 Å². The van der Waals surface area contributed by atoms with Gasteiger partial charge in [0.05, 0.1) is 11.7 Å². The largest absolute Gasteiger partial charge is 0.507 e. The van der Waals surface area contributed by atoms with Crippen molar-refractivity contribution in [2.75, 3.05) is 14.1 Å². The third-order valence-corrected chi connectivity index (χ3v) is 2.97. The zero-order valence-electron chi connectivity index (χ0n) is 11.1.